The molecule has 3 rings (SSSR count). The summed E-state index contributed by atoms with van der Waals surface area (Å²) in [4.78, 5) is 14.5. The van der Waals surface area contributed by atoms with E-state index in [0.29, 0.717) is 0 Å². The van der Waals surface area contributed by atoms with Crippen LogP contribution in [0.5, 0.6) is 0 Å². The zero-order valence-corrected chi connectivity index (χ0v) is 18.2. The Hall–Kier alpha value is -2.81. The van der Waals surface area contributed by atoms with Crippen molar-refractivity contribution in [1.82, 2.24) is 4.98 Å². The van der Waals surface area contributed by atoms with Crippen LogP contribution in [-0.2, 0) is 24.9 Å². The van der Waals surface area contributed by atoms with Crippen LogP contribution in [0.25, 0.3) is 5.57 Å². The zero-order chi connectivity index (χ0) is 19.5. The molecular formula is C24H22IrNO2-. The van der Waals surface area contributed by atoms with Gasteiger partial charge in [-0.15, -0.1) is 23.8 Å². The molecule has 0 fully saturated rings. The molecule has 0 saturated heterocycles. The second-order valence-electron chi connectivity index (χ2n) is 5.84. The van der Waals surface area contributed by atoms with E-state index in [-0.39, 0.29) is 31.6 Å². The summed E-state index contributed by atoms with van der Waals surface area (Å²) in [5, 5.41) is 8.36. The molecule has 28 heavy (non-hydrogen) atoms. The Morgan fingerprint density at radius 3 is 1.93 bits per heavy atom. The summed E-state index contributed by atoms with van der Waals surface area (Å²) in [7, 11) is 0. The number of aliphatic hydroxyl groups is 1. The summed E-state index contributed by atoms with van der Waals surface area (Å²) in [5.41, 5.74) is 4.12. The van der Waals surface area contributed by atoms with Crippen LogP contribution < -0.4 is 0 Å². The van der Waals surface area contributed by atoms with Gasteiger partial charge in [0.05, 0.1) is 5.76 Å². The maximum absolute atomic E-state index is 10.0. The molecule has 1 aromatic heterocycles. The van der Waals surface area contributed by atoms with Crippen molar-refractivity contribution in [1.29, 1.82) is 0 Å². The number of hydrogen-bond acceptors (Lipinski definition) is 3. The van der Waals surface area contributed by atoms with E-state index in [0.717, 1.165) is 22.4 Å². The van der Waals surface area contributed by atoms with Crippen LogP contribution in [0.1, 0.15) is 30.7 Å². The van der Waals surface area contributed by atoms with E-state index in [1.165, 1.54) is 19.9 Å². The topological polar surface area (TPSA) is 50.2 Å². The summed E-state index contributed by atoms with van der Waals surface area (Å²) in [6, 6.07) is 26.3. The molecule has 3 aromatic rings. The maximum atomic E-state index is 10.0. The van der Waals surface area contributed by atoms with Crippen molar-refractivity contribution in [2.24, 2.45) is 0 Å². The van der Waals surface area contributed by atoms with E-state index in [2.05, 4.69) is 23.2 Å². The van der Waals surface area contributed by atoms with Gasteiger partial charge in [0, 0.05) is 38.1 Å². The molecule has 0 bridgehead atoms. The van der Waals surface area contributed by atoms with Crippen LogP contribution in [-0.4, -0.2) is 15.9 Å². The van der Waals surface area contributed by atoms with Crippen LogP contribution >= 0.6 is 0 Å². The molecule has 0 aliphatic carbocycles. The van der Waals surface area contributed by atoms with Crippen molar-refractivity contribution in [3.63, 3.8) is 0 Å². The molecule has 0 spiro atoms. The molecule has 0 aliphatic heterocycles. The first-order chi connectivity index (χ1) is 13.1. The van der Waals surface area contributed by atoms with Crippen LogP contribution in [0.3, 0.4) is 0 Å². The van der Waals surface area contributed by atoms with E-state index in [1.807, 2.05) is 72.9 Å². The Morgan fingerprint density at radius 1 is 0.893 bits per heavy atom. The second kappa shape index (κ2) is 12.6. The van der Waals surface area contributed by atoms with Crippen LogP contribution in [0.15, 0.2) is 96.9 Å². The Kier molecular flexibility index (Phi) is 10.4. The predicted molar refractivity (Wildman–Crippen MR) is 109 cm³/mol. The second-order valence-corrected chi connectivity index (χ2v) is 5.84. The van der Waals surface area contributed by atoms with Gasteiger partial charge in [0.2, 0.25) is 0 Å². The quantitative estimate of drug-likeness (QED) is 0.206. The third-order valence-electron chi connectivity index (χ3n) is 3.44. The summed E-state index contributed by atoms with van der Waals surface area (Å²) < 4.78 is 0. The molecule has 0 atom stereocenters. The van der Waals surface area contributed by atoms with Gasteiger partial charge >= 0.3 is 0 Å². The van der Waals surface area contributed by atoms with Gasteiger partial charge in [0.1, 0.15) is 0 Å². The normalized spacial score (nSPS) is 10.9. The van der Waals surface area contributed by atoms with E-state index in [1.54, 1.807) is 0 Å². The van der Waals surface area contributed by atoms with Gasteiger partial charge in [-0.3, -0.25) is 9.78 Å². The number of carbonyl (C=O) groups excluding carboxylic acids is 1. The summed E-state index contributed by atoms with van der Waals surface area (Å²) in [6.45, 7) is 2.85. The molecule has 0 saturated carbocycles. The van der Waals surface area contributed by atoms with E-state index in [4.69, 9.17) is 5.11 Å². The standard InChI is InChI=1S/C19H14N.C5H8O2.Ir/c1-3-9-16(10-4-1)15-18(17-11-5-2-6-12-17)19-13-7-8-14-20-19;1-4(6)3-5(2)7;/h1-14H;3,6H,1-2H3;/q-1;;/b;4-3-;. The van der Waals surface area contributed by atoms with Crippen LogP contribution in [0.2, 0.25) is 0 Å². The number of rotatable bonds is 4. The van der Waals surface area contributed by atoms with Gasteiger partial charge in [-0.1, -0.05) is 71.8 Å². The van der Waals surface area contributed by atoms with Crippen LogP contribution in [0.4, 0.5) is 0 Å². The fourth-order valence-corrected chi connectivity index (χ4v) is 2.36. The predicted octanol–water partition coefficient (Wildman–Crippen LogP) is 5.40. The van der Waals surface area contributed by atoms with Crippen molar-refractivity contribution in [2.75, 3.05) is 0 Å². The molecule has 0 unspecified atom stereocenters. The van der Waals surface area contributed by atoms with Gasteiger partial charge in [-0.05, 0) is 19.9 Å². The Labute approximate surface area is 179 Å². The molecule has 0 aliphatic rings. The molecular weight excluding hydrogens is 526 g/mol. The molecule has 4 heteroatoms. The van der Waals surface area contributed by atoms with Gasteiger partial charge in [-0.2, -0.15) is 0 Å². The number of carbonyl (C=O) groups is 1. The molecule has 0 amide bonds. The van der Waals surface area contributed by atoms with Crippen molar-refractivity contribution in [2.45, 2.75) is 13.8 Å². The Balaban J connectivity index is 0.000000425. The zero-order valence-electron chi connectivity index (χ0n) is 15.8. The number of ketones is 1. The van der Waals surface area contributed by atoms with E-state index < -0.39 is 0 Å². The molecule has 145 valence electrons. The maximum Gasteiger partial charge on any atom is 0.155 e. The summed E-state index contributed by atoms with van der Waals surface area (Å²) >= 11 is 0. The average molecular weight is 549 g/mol. The first-order valence-electron chi connectivity index (χ1n) is 8.60. The van der Waals surface area contributed by atoms with Gasteiger partial charge < -0.3 is 5.11 Å². The van der Waals surface area contributed by atoms with Crippen molar-refractivity contribution < 1.29 is 30.0 Å². The molecule has 1 N–H and O–H groups in total. The molecule has 1 heterocycles. The summed E-state index contributed by atoms with van der Waals surface area (Å²) in [6.07, 6.45) is 6.44. The van der Waals surface area contributed by atoms with Crippen LogP contribution in [0, 0.1) is 6.08 Å². The van der Waals surface area contributed by atoms with Crippen molar-refractivity contribution in [3.05, 3.63) is 120 Å². The number of nitrogens with zero attached hydrogens (tertiary/aromatic N) is 1. The van der Waals surface area contributed by atoms with E-state index >= 15 is 0 Å². The fourth-order valence-electron chi connectivity index (χ4n) is 2.36. The van der Waals surface area contributed by atoms with Crippen molar-refractivity contribution >= 4 is 11.4 Å². The number of pyridine rings is 1. The molecule has 2 aromatic carbocycles. The number of aromatic nitrogens is 1. The molecule has 1 radical (unpaired) electrons. The van der Waals surface area contributed by atoms with E-state index in [9.17, 15) is 4.79 Å². The SMILES string of the molecule is CC(=O)/C=C(/C)O.[C-](=C(c1ccccc1)c1ccccn1)c1ccccc1.[Ir]. The Morgan fingerprint density at radius 2 is 1.46 bits per heavy atom. The number of benzene rings is 2. The number of allylic oxidation sites excluding steroid dienone is 2. The minimum absolute atomic E-state index is 0. The minimum atomic E-state index is -0.125. The monoisotopic (exact) mass is 549 g/mol. The van der Waals surface area contributed by atoms with Crippen molar-refractivity contribution in [3.8, 4) is 0 Å². The average Bonchev–Trinajstić information content (AvgIpc) is 2.68. The third kappa shape index (κ3) is 8.26. The molecule has 3 nitrogen and oxygen atoms in total. The minimum Gasteiger partial charge on any atom is -0.512 e. The number of aliphatic hydroxyl groups excluding tert-OH is 1. The largest absolute Gasteiger partial charge is 0.512 e. The fraction of sp³-hybridized carbons (Fsp3) is 0.0833. The Bertz CT molecular complexity index is 860. The van der Waals surface area contributed by atoms with Gasteiger partial charge in [0.15, 0.2) is 5.78 Å². The first-order valence-corrected chi connectivity index (χ1v) is 8.60. The van der Waals surface area contributed by atoms with Gasteiger partial charge in [-0.25, -0.2) is 0 Å². The number of hydrogen-bond donors (Lipinski definition) is 1. The first kappa shape index (κ1) is 23.2. The third-order valence-corrected chi connectivity index (χ3v) is 3.44. The smallest absolute Gasteiger partial charge is 0.155 e. The summed E-state index contributed by atoms with van der Waals surface area (Å²) in [5.74, 6) is -0.0625. The van der Waals surface area contributed by atoms with Gasteiger partial charge in [0.25, 0.3) is 0 Å².